The first kappa shape index (κ1) is 156. The third-order valence-corrected chi connectivity index (χ3v) is 0. The molecule has 0 heterocycles. The topological polar surface area (TPSA) is 158 Å². The molecule has 0 aliphatic carbocycles. The monoisotopic (exact) mass is 2270 g/mol. The Labute approximate surface area is 478 Å². The van der Waals surface area contributed by atoms with Crippen molar-refractivity contribution >= 4 is 0 Å². The van der Waals surface area contributed by atoms with E-state index in [2.05, 4.69) is 173 Å². The van der Waals surface area contributed by atoms with Crippen molar-refractivity contribution in [2.75, 3.05) is 0 Å². The Morgan fingerprint density at radius 3 is 0.312 bits per heavy atom. The summed E-state index contributed by atoms with van der Waals surface area (Å²) in [6, 6.07) is 0. The molecule has 0 spiro atoms. The van der Waals surface area contributed by atoms with Gasteiger partial charge in [0, 0.05) is 124 Å². The molecule has 10 N–H and O–H groups in total. The van der Waals surface area contributed by atoms with Crippen molar-refractivity contribution in [2.24, 2.45) is 5.41 Å². The second kappa shape index (κ2) is 158. The molecule has 0 unspecified atom stereocenters. The van der Waals surface area contributed by atoms with E-state index < -0.39 is 0 Å². The van der Waals surface area contributed by atoms with Crippen LogP contribution in [-0.4, -0.2) is 27.4 Å². The summed E-state index contributed by atoms with van der Waals surface area (Å²) in [5.74, 6) is 8.50. The Morgan fingerprint density at radius 1 is 0.312 bits per heavy atom. The Kier molecular flexibility index (Phi) is 514. The van der Waals surface area contributed by atoms with Gasteiger partial charge in [0.1, 0.15) is 0 Å². The second-order valence-electron chi connectivity index (χ2n) is 11.6. The third-order valence-electron chi connectivity index (χ3n) is 0. The van der Waals surface area contributed by atoms with Gasteiger partial charge in [-0.05, 0) is 0 Å². The maximum Gasteiger partial charge on any atom is 3.00 e. The van der Waals surface area contributed by atoms with Crippen molar-refractivity contribution in [3.63, 3.8) is 0 Å². The van der Waals surface area contributed by atoms with E-state index in [1.54, 1.807) is 20.8 Å². The fraction of sp³-hybridized carbons (Fsp3) is 0.694. The maximum atomic E-state index is 3.77. The quantitative estimate of drug-likeness (QED) is 0.212. The molecule has 0 fully saturated rings. The normalized spacial score (nSPS) is 6.12. The SMILES string of the molecule is C[C-](C)C.C[C-](C)C.C[C-](C)C.C[C-](C)C.C[C-](C)C.C[C-](C)C.O.O.O.O.O.[CH2-]C.[CH2-]C.[CH2-]C.[CH2-]C(C)(C)C.[CH3-].[U+2].[U+3].[U+3].[U].[U].[U].[U]. The molecule has 0 saturated heterocycles. The van der Waals surface area contributed by atoms with E-state index >= 15 is 0 Å². The van der Waals surface area contributed by atoms with Crippen molar-refractivity contribution in [3.05, 3.63) is 70.6 Å². The fourth-order valence-electron chi connectivity index (χ4n) is 0. The van der Waals surface area contributed by atoms with Crippen molar-refractivity contribution in [3.8, 4) is 0 Å². The Balaban J connectivity index is -0.00000000675. The predicted molar refractivity (Wildman–Crippen MR) is 204 cm³/mol. The van der Waals surface area contributed by atoms with Crippen LogP contribution in [0.15, 0.2) is 0 Å². The van der Waals surface area contributed by atoms with Crippen LogP contribution >= 0.6 is 0 Å². The summed E-state index contributed by atoms with van der Waals surface area (Å²) < 4.78 is 0. The Bertz CT molecular complexity index is 180. The van der Waals surface area contributed by atoms with Crippen LogP contribution < -0.4 is 0 Å². The predicted octanol–water partition coefficient (Wildman–Crippen LogP) is 10.4. The Hall–Kier alpha value is 7.16. The van der Waals surface area contributed by atoms with Crippen molar-refractivity contribution in [1.29, 1.82) is 0 Å². The van der Waals surface area contributed by atoms with E-state index in [0.29, 0.717) is 0 Å². The average molecular weight is 2270 g/mol. The summed E-state index contributed by atoms with van der Waals surface area (Å²) in [5, 5.41) is 0. The molecular weight excluding hydrogens is 2180 g/mol. The largest absolute Gasteiger partial charge is 3.00 e. The molecule has 0 saturated carbocycles. The summed E-state index contributed by atoms with van der Waals surface area (Å²) in [6.07, 6.45) is 0. The van der Waals surface area contributed by atoms with Crippen LogP contribution in [0, 0.1) is 294 Å². The van der Waals surface area contributed by atoms with E-state index in [0.717, 1.165) is 0 Å². The maximum absolute atomic E-state index is 3.77. The van der Waals surface area contributed by atoms with Crippen LogP contribution in [0.3, 0.4) is 0 Å². The number of hydrogen-bond donors (Lipinski definition) is 0. The van der Waals surface area contributed by atoms with E-state index in [-0.39, 0.29) is 258 Å². The molecule has 0 aromatic heterocycles. The van der Waals surface area contributed by atoms with Gasteiger partial charge in [0.05, 0.1) is 0 Å². The average Bonchev–Trinajstić information content (AvgIpc) is 2.55. The molecule has 0 aromatic carbocycles. The molecule has 5 nitrogen and oxygen atoms in total. The molecule has 0 atom stereocenters. The van der Waals surface area contributed by atoms with Crippen molar-refractivity contribution < 1.29 is 245 Å². The van der Waals surface area contributed by atoms with Crippen LogP contribution in [0.4, 0.5) is 0 Å². The minimum absolute atomic E-state index is 0. The second-order valence-corrected chi connectivity index (χ2v) is 11.6. The van der Waals surface area contributed by atoms with Gasteiger partial charge in [-0.15, -0.1) is 0 Å². The molecule has 0 rings (SSSR count). The minimum atomic E-state index is 0. The van der Waals surface area contributed by atoms with Crippen LogP contribution in [0.5, 0.6) is 0 Å². The molecular formula is C36H93O5U7-3. The molecule has 2 radical (unpaired) electrons. The van der Waals surface area contributed by atoms with Gasteiger partial charge in [-0.3, -0.25) is 0 Å². The molecule has 0 aliphatic rings. The third kappa shape index (κ3) is 2820. The van der Waals surface area contributed by atoms with E-state index in [9.17, 15) is 0 Å². The summed E-state index contributed by atoms with van der Waals surface area (Å²) in [6.45, 7) is 62.5. The molecule has 0 aliphatic heterocycles. The molecule has 0 amide bonds. The molecule has 48 heavy (non-hydrogen) atoms. The van der Waals surface area contributed by atoms with Crippen LogP contribution in [0.1, 0.15) is 166 Å². The molecule has 298 valence electrons. The van der Waals surface area contributed by atoms with Gasteiger partial charge in [-0.25, -0.2) is 0 Å². The number of rotatable bonds is 0. The minimum Gasteiger partial charge on any atom is -0.412 e. The summed E-state index contributed by atoms with van der Waals surface area (Å²) >= 11 is 0. The van der Waals surface area contributed by atoms with Gasteiger partial charge in [0.15, 0.2) is 0 Å². The molecule has 12 heteroatoms. The molecule has 0 bridgehead atoms. The van der Waals surface area contributed by atoms with Gasteiger partial charge in [0.25, 0.3) is 0 Å². The fourth-order valence-corrected chi connectivity index (χ4v) is 0. The van der Waals surface area contributed by atoms with Gasteiger partial charge in [0.2, 0.25) is 0 Å². The zero-order valence-corrected chi connectivity index (χ0v) is 66.5. The van der Waals surface area contributed by atoms with Gasteiger partial charge < -0.3 is 98.0 Å². The van der Waals surface area contributed by atoms with Gasteiger partial charge in [-0.1, -0.05) is 20.8 Å². The first-order valence-corrected chi connectivity index (χ1v) is 13.0. The Morgan fingerprint density at radius 2 is 0.312 bits per heavy atom. The summed E-state index contributed by atoms with van der Waals surface area (Å²) in [7, 11) is 0. The summed E-state index contributed by atoms with van der Waals surface area (Å²) in [5.41, 5.74) is 0.250. The van der Waals surface area contributed by atoms with Gasteiger partial charge >= 0.3 is 93.3 Å². The van der Waals surface area contributed by atoms with E-state index in [4.69, 9.17) is 0 Å². The zero-order valence-electron chi connectivity index (χ0n) is 37.3. The first-order chi connectivity index (χ1) is 15.4. The smallest absolute Gasteiger partial charge is 0.412 e. The van der Waals surface area contributed by atoms with Crippen molar-refractivity contribution in [2.45, 2.75) is 166 Å². The van der Waals surface area contributed by atoms with Gasteiger partial charge in [-0.2, -0.15) is 151 Å². The van der Waals surface area contributed by atoms with Crippen LogP contribution in [0.2, 0.25) is 0 Å². The van der Waals surface area contributed by atoms with E-state index in [1.165, 1.54) is 35.5 Å². The zero-order chi connectivity index (χ0) is 32.0. The van der Waals surface area contributed by atoms with Crippen LogP contribution in [0.25, 0.3) is 0 Å². The first-order valence-electron chi connectivity index (χ1n) is 13.0. The van der Waals surface area contributed by atoms with E-state index in [1.807, 2.05) is 0 Å². The van der Waals surface area contributed by atoms with Crippen molar-refractivity contribution in [1.82, 2.24) is 0 Å². The standard InChI is InChI=1S/C5H11.6C4H9.3C2H5.CH3.5H2O.7U/c1-5(2,3)4;6*1-4(2)3;3*1-2;;;;;;;;;;;;;/h1H2,2-4H3;6*1-3H3;3*1H2,2H3;1H3;5*1H2;;;;;;;/q11*-1;;;;;;;;;;+2;2*+3. The van der Waals surface area contributed by atoms with Crippen LogP contribution in [-0.2, 0) is 0 Å². The number of hydrogen-bond acceptors (Lipinski definition) is 0. The molecule has 0 aromatic rings. The summed E-state index contributed by atoms with van der Waals surface area (Å²) in [4.78, 5) is 0.